The molecule has 5 fully saturated rings. The predicted octanol–water partition coefficient (Wildman–Crippen LogP) is 7.52. The van der Waals surface area contributed by atoms with Crippen LogP contribution in [0.1, 0.15) is 98.8 Å². The minimum absolute atomic E-state index is 0.0550. The zero-order valence-electron chi connectivity index (χ0n) is 22.9. The van der Waals surface area contributed by atoms with Gasteiger partial charge in [0, 0.05) is 10.8 Å². The van der Waals surface area contributed by atoms with Crippen LogP contribution in [0.25, 0.3) is 0 Å². The van der Waals surface area contributed by atoms with Crippen LogP contribution in [0.3, 0.4) is 0 Å². The van der Waals surface area contributed by atoms with Gasteiger partial charge < -0.3 is 15.4 Å². The van der Waals surface area contributed by atoms with Crippen molar-refractivity contribution in [1.29, 1.82) is 0 Å². The zero-order valence-corrected chi connectivity index (χ0v) is 22.9. The first-order valence-electron chi connectivity index (χ1n) is 14.2. The van der Waals surface area contributed by atoms with E-state index in [9.17, 15) is 15.4 Å². The molecule has 0 bridgehead atoms. The summed E-state index contributed by atoms with van der Waals surface area (Å²) in [4.78, 5) is 0. The molecular weight excluding hydrogens is 434 g/mol. The average Bonchev–Trinajstić information content (AvgIpc) is 3.21. The van der Waals surface area contributed by atoms with Crippen LogP contribution in [0.4, 0.5) is 0 Å². The van der Waals surface area contributed by atoms with Gasteiger partial charge in [0.25, 0.3) is 0 Å². The van der Waals surface area contributed by atoms with Gasteiger partial charge in [-0.05, 0) is 117 Å². The van der Waals surface area contributed by atoms with Gasteiger partial charge in [0.15, 0.2) is 0 Å². The molecule has 4 nitrogen and oxygen atoms in total. The Balaban J connectivity index is 1.57. The fraction of sp³-hybridized carbons (Fsp3) is 0.839. The minimum atomic E-state index is -0.437. The van der Waals surface area contributed by atoms with Gasteiger partial charge in [0.05, 0.1) is 18.1 Å². The second-order valence-corrected chi connectivity index (χ2v) is 14.4. The van der Waals surface area contributed by atoms with Gasteiger partial charge in [-0.3, -0.25) is 0 Å². The summed E-state index contributed by atoms with van der Waals surface area (Å²) in [6.07, 6.45) is 10.9. The van der Waals surface area contributed by atoms with Crippen molar-refractivity contribution >= 4 is 5.71 Å². The first-order valence-corrected chi connectivity index (χ1v) is 14.2. The molecule has 0 heterocycles. The Bertz CT molecular complexity index is 957. The third kappa shape index (κ3) is 2.92. The maximum absolute atomic E-state index is 11.0. The highest BCUT2D eigenvalue weighted by molar-refractivity contribution is 5.91. The van der Waals surface area contributed by atoms with Crippen LogP contribution >= 0.6 is 0 Å². The summed E-state index contributed by atoms with van der Waals surface area (Å²) >= 11 is 0. The van der Waals surface area contributed by atoms with Crippen LogP contribution in [-0.4, -0.2) is 27.7 Å². The molecule has 35 heavy (non-hydrogen) atoms. The summed E-state index contributed by atoms with van der Waals surface area (Å²) in [7, 11) is 0. The second kappa shape index (κ2) is 7.85. The number of hydrogen-bond donors (Lipinski definition) is 3. The number of allylic oxidation sites excluding steroid dienone is 2. The first kappa shape index (κ1) is 25.4. The van der Waals surface area contributed by atoms with Crippen molar-refractivity contribution < 1.29 is 15.4 Å². The van der Waals surface area contributed by atoms with Crippen molar-refractivity contribution in [1.82, 2.24) is 0 Å². The van der Waals surface area contributed by atoms with E-state index in [2.05, 4.69) is 52.9 Å². The summed E-state index contributed by atoms with van der Waals surface area (Å²) in [5.74, 6) is 2.86. The lowest BCUT2D eigenvalue weighted by Crippen LogP contribution is -2.67. The molecule has 10 atom stereocenters. The average molecular weight is 484 g/mol. The molecule has 5 aliphatic carbocycles. The van der Waals surface area contributed by atoms with Crippen molar-refractivity contribution in [2.45, 2.75) is 98.8 Å². The predicted molar refractivity (Wildman–Crippen MR) is 141 cm³/mol. The largest absolute Gasteiger partial charge is 0.512 e. The van der Waals surface area contributed by atoms with Gasteiger partial charge in [0.2, 0.25) is 0 Å². The van der Waals surface area contributed by atoms with Crippen LogP contribution < -0.4 is 0 Å². The van der Waals surface area contributed by atoms with E-state index in [4.69, 9.17) is 0 Å². The summed E-state index contributed by atoms with van der Waals surface area (Å²) in [6, 6.07) is 0. The van der Waals surface area contributed by atoms with Gasteiger partial charge in [-0.25, -0.2) is 0 Å². The Kier molecular flexibility index (Phi) is 5.69. The van der Waals surface area contributed by atoms with Crippen molar-refractivity contribution in [2.24, 2.45) is 61.8 Å². The third-order valence-corrected chi connectivity index (χ3v) is 13.7. The summed E-state index contributed by atoms with van der Waals surface area (Å²) in [6.45, 7) is 20.6. The topological polar surface area (TPSA) is 73.1 Å². The van der Waals surface area contributed by atoms with Crippen molar-refractivity contribution in [2.75, 3.05) is 6.61 Å². The van der Waals surface area contributed by atoms with E-state index < -0.39 is 5.41 Å². The molecule has 0 aromatic heterocycles. The van der Waals surface area contributed by atoms with Gasteiger partial charge in [-0.1, -0.05) is 51.6 Å². The second-order valence-electron chi connectivity index (χ2n) is 14.4. The molecule has 4 heteroatoms. The maximum Gasteiger partial charge on any atom is 0.0915 e. The van der Waals surface area contributed by atoms with Crippen LogP contribution in [0, 0.1) is 56.7 Å². The molecule has 196 valence electrons. The quantitative estimate of drug-likeness (QED) is 0.168. The lowest BCUT2D eigenvalue weighted by atomic mass is 9.32. The minimum Gasteiger partial charge on any atom is -0.512 e. The number of hydrogen-bond acceptors (Lipinski definition) is 4. The number of fused-ring (bicyclic) bond motifs is 7. The van der Waals surface area contributed by atoms with Crippen LogP contribution in [0.2, 0.25) is 0 Å². The fourth-order valence-electron chi connectivity index (χ4n) is 11.6. The van der Waals surface area contributed by atoms with Gasteiger partial charge >= 0.3 is 0 Å². The molecule has 0 amide bonds. The maximum atomic E-state index is 11.0. The van der Waals surface area contributed by atoms with E-state index in [1.54, 1.807) is 0 Å². The Morgan fingerprint density at radius 2 is 1.63 bits per heavy atom. The standard InChI is InChI=1S/C31H49NO3/c1-19(2)21-10-15-31(20(3)34)17-16-29(6)22(26(21)31)8-9-24-27(4)13-12-25(32-35)28(5,18-33)23(27)11-14-30(24,29)7/h21-24,26,33-35H,1,3,8-18H2,2,4-7H3/b32-25+/t21-,22?,23+,24?,26?,27-,28-,29+,30+,31+/m0/s1. The SMILES string of the molecule is C=C(C)[C@@H]1CC[C@]2(C(=C)O)CC[C@]3(C)C(CCC4[C@@]5(C)CC/C(=N\O)[C@@](C)(CO)[C@@H]5CC[C@]43C)C12. The first-order chi connectivity index (χ1) is 16.4. The summed E-state index contributed by atoms with van der Waals surface area (Å²) in [5.41, 5.74) is 2.07. The third-order valence-electron chi connectivity index (χ3n) is 13.7. The van der Waals surface area contributed by atoms with Crippen molar-refractivity contribution in [3.63, 3.8) is 0 Å². The van der Waals surface area contributed by atoms with E-state index in [1.165, 1.54) is 18.4 Å². The van der Waals surface area contributed by atoms with Gasteiger partial charge in [0.1, 0.15) is 0 Å². The Morgan fingerprint density at radius 3 is 2.23 bits per heavy atom. The lowest BCUT2D eigenvalue weighted by Gasteiger charge is -2.72. The Morgan fingerprint density at radius 1 is 0.914 bits per heavy atom. The Labute approximate surface area is 213 Å². The van der Waals surface area contributed by atoms with E-state index >= 15 is 0 Å². The number of aliphatic hydroxyl groups excluding tert-OH is 2. The van der Waals surface area contributed by atoms with E-state index in [0.717, 1.165) is 57.1 Å². The number of aliphatic hydroxyl groups is 2. The fourth-order valence-corrected chi connectivity index (χ4v) is 11.6. The zero-order chi connectivity index (χ0) is 25.6. The van der Waals surface area contributed by atoms with E-state index in [1.807, 2.05) is 0 Å². The smallest absolute Gasteiger partial charge is 0.0915 e. The molecule has 0 radical (unpaired) electrons. The molecule has 5 aliphatic rings. The number of rotatable bonds is 3. The number of nitrogens with zero attached hydrogens (tertiary/aromatic N) is 1. The summed E-state index contributed by atoms with van der Waals surface area (Å²) < 4.78 is 0. The highest BCUT2D eigenvalue weighted by Gasteiger charge is 2.71. The monoisotopic (exact) mass is 483 g/mol. The Hall–Kier alpha value is -1.29. The van der Waals surface area contributed by atoms with Gasteiger partial charge in [-0.15, -0.1) is 0 Å². The molecule has 0 spiro atoms. The van der Waals surface area contributed by atoms with E-state index in [0.29, 0.717) is 35.3 Å². The molecule has 5 saturated carbocycles. The van der Waals surface area contributed by atoms with Crippen molar-refractivity contribution in [3.05, 3.63) is 24.5 Å². The molecule has 0 aliphatic heterocycles. The number of oxime groups is 1. The van der Waals surface area contributed by atoms with Gasteiger partial charge in [-0.2, -0.15) is 0 Å². The summed E-state index contributed by atoms with van der Waals surface area (Å²) in [5, 5.41) is 35.0. The molecular formula is C31H49NO3. The lowest BCUT2D eigenvalue weighted by molar-refractivity contribution is -0.229. The van der Waals surface area contributed by atoms with Crippen molar-refractivity contribution in [3.8, 4) is 0 Å². The van der Waals surface area contributed by atoms with Crippen LogP contribution in [0.5, 0.6) is 0 Å². The molecule has 0 aromatic carbocycles. The molecule has 0 saturated heterocycles. The molecule has 3 unspecified atom stereocenters. The molecule has 5 rings (SSSR count). The highest BCUT2D eigenvalue weighted by Crippen LogP contribution is 2.77. The van der Waals surface area contributed by atoms with Crippen LogP contribution in [0.15, 0.2) is 29.6 Å². The van der Waals surface area contributed by atoms with E-state index in [-0.39, 0.29) is 28.3 Å². The molecule has 0 aromatic rings. The molecule has 3 N–H and O–H groups in total. The normalized spacial score (nSPS) is 54.3. The van der Waals surface area contributed by atoms with Crippen LogP contribution in [-0.2, 0) is 0 Å². The highest BCUT2D eigenvalue weighted by atomic mass is 16.4.